The molecule has 1 aromatic heterocycles. The second-order valence-corrected chi connectivity index (χ2v) is 4.18. The molecule has 0 saturated carbocycles. The smallest absolute Gasteiger partial charge is 0.293 e. The number of benzene rings is 1. The van der Waals surface area contributed by atoms with Gasteiger partial charge < -0.3 is 5.32 Å². The number of carbonyl (C=O) groups is 1. The van der Waals surface area contributed by atoms with Gasteiger partial charge in [-0.2, -0.15) is 0 Å². The first kappa shape index (κ1) is 13.7. The average molecular weight is 271 g/mol. The zero-order valence-electron chi connectivity index (χ0n) is 10.7. The Morgan fingerprint density at radius 3 is 2.65 bits per heavy atom. The van der Waals surface area contributed by atoms with Crippen molar-refractivity contribution in [2.24, 2.45) is 0 Å². The van der Waals surface area contributed by atoms with Crippen molar-refractivity contribution >= 4 is 17.7 Å². The van der Waals surface area contributed by atoms with Gasteiger partial charge in [0.15, 0.2) is 0 Å². The van der Waals surface area contributed by atoms with E-state index in [2.05, 4.69) is 10.3 Å². The van der Waals surface area contributed by atoms with Crippen LogP contribution < -0.4 is 5.32 Å². The monoisotopic (exact) mass is 271 g/mol. The van der Waals surface area contributed by atoms with Crippen LogP contribution in [0.1, 0.15) is 15.9 Å². The first-order chi connectivity index (χ1) is 9.70. The van der Waals surface area contributed by atoms with Crippen molar-refractivity contribution in [3.8, 4) is 0 Å². The number of carbonyl (C=O) groups excluding carboxylic acids is 1. The summed E-state index contributed by atoms with van der Waals surface area (Å²) in [4.78, 5) is 25.0. The van der Waals surface area contributed by atoms with Gasteiger partial charge in [-0.15, -0.1) is 0 Å². The molecule has 0 bridgehead atoms. The molecule has 2 rings (SSSR count). The van der Waals surface area contributed by atoms with Gasteiger partial charge in [-0.05, 0) is 36.2 Å². The quantitative estimate of drug-likeness (QED) is 0.495. The number of nitro groups is 1. The maximum absolute atomic E-state index is 11.0. The van der Waals surface area contributed by atoms with Crippen LogP contribution >= 0.6 is 0 Å². The van der Waals surface area contributed by atoms with Crippen LogP contribution in [0.15, 0.2) is 42.7 Å². The predicted molar refractivity (Wildman–Crippen MR) is 74.9 cm³/mol. The molecule has 6 nitrogen and oxygen atoms in total. The molecule has 1 heterocycles. The standard InChI is InChI=1S/C14H13N3O3/c18-10-12-1-2-13(14(9-12)17(19)20)16-8-5-11-3-6-15-7-4-11/h1-4,6-7,9-10,16H,5,8H2. The first-order valence-corrected chi connectivity index (χ1v) is 6.07. The Labute approximate surface area is 115 Å². The number of pyridine rings is 1. The number of nitrogens with one attached hydrogen (secondary N) is 1. The van der Waals surface area contributed by atoms with E-state index in [4.69, 9.17) is 0 Å². The van der Waals surface area contributed by atoms with Gasteiger partial charge in [0, 0.05) is 30.6 Å². The maximum Gasteiger partial charge on any atom is 0.293 e. The summed E-state index contributed by atoms with van der Waals surface area (Å²) < 4.78 is 0. The minimum absolute atomic E-state index is 0.0932. The number of aldehydes is 1. The van der Waals surface area contributed by atoms with E-state index in [-0.39, 0.29) is 11.3 Å². The summed E-state index contributed by atoms with van der Waals surface area (Å²) in [7, 11) is 0. The molecule has 0 amide bonds. The van der Waals surface area contributed by atoms with Gasteiger partial charge >= 0.3 is 0 Å². The molecule has 0 saturated heterocycles. The molecule has 0 spiro atoms. The highest BCUT2D eigenvalue weighted by molar-refractivity contribution is 5.79. The highest BCUT2D eigenvalue weighted by atomic mass is 16.6. The number of rotatable bonds is 6. The lowest BCUT2D eigenvalue weighted by Crippen LogP contribution is -2.07. The van der Waals surface area contributed by atoms with Gasteiger partial charge in [0.05, 0.1) is 4.92 Å². The van der Waals surface area contributed by atoms with E-state index in [1.54, 1.807) is 24.5 Å². The Morgan fingerprint density at radius 1 is 1.25 bits per heavy atom. The summed E-state index contributed by atoms with van der Waals surface area (Å²) in [5, 5.41) is 14.0. The third-order valence-corrected chi connectivity index (χ3v) is 2.83. The molecule has 1 N–H and O–H groups in total. The molecular weight excluding hydrogens is 258 g/mol. The molecule has 0 radical (unpaired) electrons. The number of hydrogen-bond donors (Lipinski definition) is 1. The Morgan fingerprint density at radius 2 is 2.00 bits per heavy atom. The van der Waals surface area contributed by atoms with Crippen LogP contribution in [0.2, 0.25) is 0 Å². The molecule has 6 heteroatoms. The minimum Gasteiger partial charge on any atom is -0.379 e. The van der Waals surface area contributed by atoms with Crippen molar-refractivity contribution in [1.82, 2.24) is 4.98 Å². The maximum atomic E-state index is 11.0. The topological polar surface area (TPSA) is 85.1 Å². The van der Waals surface area contributed by atoms with Crippen molar-refractivity contribution in [1.29, 1.82) is 0 Å². The van der Waals surface area contributed by atoms with Crippen molar-refractivity contribution in [2.45, 2.75) is 6.42 Å². The second kappa shape index (κ2) is 6.42. The van der Waals surface area contributed by atoms with Crippen molar-refractivity contribution in [2.75, 3.05) is 11.9 Å². The predicted octanol–water partition coefficient (Wildman–Crippen LogP) is 2.46. The van der Waals surface area contributed by atoms with Crippen molar-refractivity contribution in [3.05, 3.63) is 64.0 Å². The molecule has 0 fully saturated rings. The van der Waals surface area contributed by atoms with E-state index in [9.17, 15) is 14.9 Å². The van der Waals surface area contributed by atoms with E-state index in [1.165, 1.54) is 6.07 Å². The normalized spacial score (nSPS) is 10.0. The number of nitrogens with zero attached hydrogens (tertiary/aromatic N) is 2. The summed E-state index contributed by atoms with van der Waals surface area (Å²) in [5.74, 6) is 0. The Hall–Kier alpha value is -2.76. The Bertz CT molecular complexity index is 614. The fourth-order valence-corrected chi connectivity index (χ4v) is 1.81. The van der Waals surface area contributed by atoms with Crippen molar-refractivity contribution in [3.63, 3.8) is 0 Å². The zero-order valence-corrected chi connectivity index (χ0v) is 10.7. The average Bonchev–Trinajstić information content (AvgIpc) is 2.48. The summed E-state index contributed by atoms with van der Waals surface area (Å²) in [6.45, 7) is 0.561. The number of aromatic nitrogens is 1. The first-order valence-electron chi connectivity index (χ1n) is 6.07. The lowest BCUT2D eigenvalue weighted by molar-refractivity contribution is -0.384. The third-order valence-electron chi connectivity index (χ3n) is 2.83. The molecule has 1 aromatic carbocycles. The van der Waals surface area contributed by atoms with Crippen molar-refractivity contribution < 1.29 is 9.72 Å². The lowest BCUT2D eigenvalue weighted by atomic mass is 10.1. The molecule has 102 valence electrons. The van der Waals surface area contributed by atoms with Crippen LogP contribution in [0.5, 0.6) is 0 Å². The molecule has 0 aliphatic rings. The zero-order chi connectivity index (χ0) is 14.4. The lowest BCUT2D eigenvalue weighted by Gasteiger charge is -2.07. The van der Waals surface area contributed by atoms with Crippen LogP contribution in [0, 0.1) is 10.1 Å². The summed E-state index contributed by atoms with van der Waals surface area (Å²) in [6, 6.07) is 8.15. The summed E-state index contributed by atoms with van der Waals surface area (Å²) >= 11 is 0. The number of nitro benzene ring substituents is 1. The Balaban J connectivity index is 2.05. The van der Waals surface area contributed by atoms with Gasteiger partial charge in [-0.1, -0.05) is 0 Å². The van der Waals surface area contributed by atoms with Gasteiger partial charge in [-0.25, -0.2) is 0 Å². The fraction of sp³-hybridized carbons (Fsp3) is 0.143. The molecular formula is C14H13N3O3. The summed E-state index contributed by atoms with van der Waals surface area (Å²) in [6.07, 6.45) is 4.73. The fourth-order valence-electron chi connectivity index (χ4n) is 1.81. The summed E-state index contributed by atoms with van der Waals surface area (Å²) in [5.41, 5.74) is 1.70. The van der Waals surface area contributed by atoms with E-state index >= 15 is 0 Å². The van der Waals surface area contributed by atoms with E-state index in [0.29, 0.717) is 18.5 Å². The third kappa shape index (κ3) is 3.38. The van der Waals surface area contributed by atoms with Crippen LogP contribution in [0.3, 0.4) is 0 Å². The Kier molecular flexibility index (Phi) is 4.39. The minimum atomic E-state index is -0.498. The number of anilines is 1. The molecule has 0 aliphatic heterocycles. The van der Waals surface area contributed by atoms with E-state index in [0.717, 1.165) is 12.0 Å². The highest BCUT2D eigenvalue weighted by Gasteiger charge is 2.13. The SMILES string of the molecule is O=Cc1ccc(NCCc2ccncc2)c([N+](=O)[O-])c1. The van der Waals surface area contributed by atoms with Crippen LogP contribution in [0.4, 0.5) is 11.4 Å². The molecule has 20 heavy (non-hydrogen) atoms. The molecule has 2 aromatic rings. The van der Waals surface area contributed by atoms with Gasteiger partial charge in [0.2, 0.25) is 0 Å². The largest absolute Gasteiger partial charge is 0.379 e. The van der Waals surface area contributed by atoms with Gasteiger partial charge in [0.25, 0.3) is 5.69 Å². The molecule has 0 unspecified atom stereocenters. The van der Waals surface area contributed by atoms with Gasteiger partial charge in [0.1, 0.15) is 12.0 Å². The van der Waals surface area contributed by atoms with Crippen LogP contribution in [-0.2, 0) is 6.42 Å². The van der Waals surface area contributed by atoms with Crippen LogP contribution in [-0.4, -0.2) is 22.7 Å². The van der Waals surface area contributed by atoms with E-state index in [1.807, 2.05) is 12.1 Å². The van der Waals surface area contributed by atoms with E-state index < -0.39 is 4.92 Å². The molecule has 0 aliphatic carbocycles. The number of hydrogen-bond acceptors (Lipinski definition) is 5. The van der Waals surface area contributed by atoms with Crippen LogP contribution in [0.25, 0.3) is 0 Å². The second-order valence-electron chi connectivity index (χ2n) is 4.18. The highest BCUT2D eigenvalue weighted by Crippen LogP contribution is 2.24. The molecule has 0 atom stereocenters. The van der Waals surface area contributed by atoms with Gasteiger partial charge in [-0.3, -0.25) is 19.9 Å².